The molecule has 5 rings (SSSR count). The molecule has 3 heterocycles. The van der Waals surface area contributed by atoms with Crippen molar-refractivity contribution >= 4 is 11.8 Å². The van der Waals surface area contributed by atoms with E-state index in [4.69, 9.17) is 14.2 Å². The Morgan fingerprint density at radius 2 is 2.00 bits per heavy atom. The molecule has 40 heavy (non-hydrogen) atoms. The van der Waals surface area contributed by atoms with Crippen molar-refractivity contribution in [1.29, 1.82) is 0 Å². The summed E-state index contributed by atoms with van der Waals surface area (Å²) in [5.74, 6) is 2.64. The third-order valence-corrected chi connectivity index (χ3v) is 7.01. The Balaban J connectivity index is 1.39. The number of carbonyl (C=O) groups excluding carboxylic acids is 2. The van der Waals surface area contributed by atoms with Gasteiger partial charge in [0.2, 0.25) is 5.91 Å². The summed E-state index contributed by atoms with van der Waals surface area (Å²) in [4.78, 5) is 34.7. The van der Waals surface area contributed by atoms with Crippen LogP contribution in [0.15, 0.2) is 42.5 Å². The monoisotopic (exact) mass is 548 g/mol. The highest BCUT2D eigenvalue weighted by molar-refractivity contribution is 5.97. The Hall–Kier alpha value is -3.96. The van der Waals surface area contributed by atoms with Crippen molar-refractivity contribution in [2.24, 2.45) is 0 Å². The van der Waals surface area contributed by atoms with Gasteiger partial charge in [-0.2, -0.15) is 5.10 Å². The summed E-state index contributed by atoms with van der Waals surface area (Å²) in [6.07, 6.45) is 1.30. The minimum absolute atomic E-state index is 0.0991. The summed E-state index contributed by atoms with van der Waals surface area (Å²) in [6.45, 7) is 6.58. The minimum atomic E-state index is -0.308. The number of carbonyl (C=O) groups is 2. The molecule has 2 aromatic carbocycles. The summed E-state index contributed by atoms with van der Waals surface area (Å²) >= 11 is 0. The number of hydrogen-bond acceptors (Lipinski definition) is 8. The number of likely N-dealkylation sites (tertiary alicyclic amines) is 1. The van der Waals surface area contributed by atoms with Gasteiger partial charge in [-0.3, -0.25) is 19.6 Å². The second kappa shape index (κ2) is 12.5. The summed E-state index contributed by atoms with van der Waals surface area (Å²) < 4.78 is 18.2. The second-order valence-electron chi connectivity index (χ2n) is 10.1. The lowest BCUT2D eigenvalue weighted by Gasteiger charge is -2.38. The molecule has 1 aromatic heterocycles. The van der Waals surface area contributed by atoms with Gasteiger partial charge in [0, 0.05) is 38.2 Å². The van der Waals surface area contributed by atoms with Gasteiger partial charge in [-0.05, 0) is 43.2 Å². The van der Waals surface area contributed by atoms with E-state index in [0.29, 0.717) is 49.1 Å². The molecular formula is C29H36N6O5. The molecule has 4 bridgehead atoms. The maximum atomic E-state index is 13.3. The summed E-state index contributed by atoms with van der Waals surface area (Å²) in [5.41, 5.74) is 1.32. The van der Waals surface area contributed by atoms with Crippen LogP contribution < -0.4 is 14.8 Å². The van der Waals surface area contributed by atoms with Gasteiger partial charge in [0.25, 0.3) is 5.91 Å². The lowest BCUT2D eigenvalue weighted by Crippen LogP contribution is -2.57. The molecule has 3 aromatic rings. The zero-order valence-corrected chi connectivity index (χ0v) is 23.2. The van der Waals surface area contributed by atoms with Gasteiger partial charge in [-0.1, -0.05) is 19.1 Å². The quantitative estimate of drug-likeness (QED) is 0.499. The van der Waals surface area contributed by atoms with Crippen molar-refractivity contribution in [2.75, 3.05) is 33.3 Å². The van der Waals surface area contributed by atoms with Gasteiger partial charge >= 0.3 is 0 Å². The van der Waals surface area contributed by atoms with E-state index in [9.17, 15) is 9.59 Å². The molecule has 0 radical (unpaired) electrons. The fourth-order valence-corrected chi connectivity index (χ4v) is 5.06. The van der Waals surface area contributed by atoms with Gasteiger partial charge in [0.15, 0.2) is 0 Å². The molecule has 212 valence electrons. The first-order chi connectivity index (χ1) is 19.4. The zero-order valence-electron chi connectivity index (χ0n) is 23.2. The molecule has 1 fully saturated rings. The molecule has 11 nitrogen and oxygen atoms in total. The largest absolute Gasteiger partial charge is 0.494 e. The van der Waals surface area contributed by atoms with Crippen molar-refractivity contribution < 1.29 is 23.8 Å². The third-order valence-electron chi connectivity index (χ3n) is 7.01. The van der Waals surface area contributed by atoms with Crippen LogP contribution in [0, 0.1) is 0 Å². The second-order valence-corrected chi connectivity index (χ2v) is 10.1. The van der Waals surface area contributed by atoms with Crippen molar-refractivity contribution in [3.05, 3.63) is 65.2 Å². The van der Waals surface area contributed by atoms with E-state index in [0.717, 1.165) is 36.6 Å². The molecule has 1 saturated heterocycles. The number of benzene rings is 2. The number of amides is 2. The third kappa shape index (κ3) is 6.78. The van der Waals surface area contributed by atoms with Crippen LogP contribution >= 0.6 is 0 Å². The number of ether oxygens (including phenoxy) is 3. The lowest BCUT2D eigenvalue weighted by atomic mass is 10.0. The molecule has 0 unspecified atom stereocenters. The number of aromatic nitrogens is 3. The number of aryl methyl sites for hydroxylation is 1. The number of H-pyrrole nitrogens is 1. The van der Waals surface area contributed by atoms with Crippen LogP contribution in [-0.4, -0.2) is 82.2 Å². The highest BCUT2D eigenvalue weighted by Crippen LogP contribution is 2.29. The molecule has 2 atom stereocenters. The number of nitrogens with zero attached hydrogens (tertiary/aromatic N) is 4. The van der Waals surface area contributed by atoms with Crippen molar-refractivity contribution in [3.8, 4) is 17.2 Å². The first-order valence-electron chi connectivity index (χ1n) is 13.7. The van der Waals surface area contributed by atoms with Gasteiger partial charge < -0.3 is 24.4 Å². The minimum Gasteiger partial charge on any atom is -0.494 e. The van der Waals surface area contributed by atoms with Crippen LogP contribution in [0.2, 0.25) is 0 Å². The van der Waals surface area contributed by atoms with Crippen molar-refractivity contribution in [1.82, 2.24) is 30.3 Å². The Kier molecular flexibility index (Phi) is 8.61. The number of piperidine rings is 1. The van der Waals surface area contributed by atoms with Crippen LogP contribution in [0.25, 0.3) is 0 Å². The van der Waals surface area contributed by atoms with Crippen molar-refractivity contribution in [2.45, 2.75) is 52.0 Å². The Morgan fingerprint density at radius 1 is 1.12 bits per heavy atom. The van der Waals surface area contributed by atoms with Gasteiger partial charge in [0.1, 0.15) is 28.9 Å². The smallest absolute Gasteiger partial charge is 0.254 e. The molecule has 2 amide bonds. The normalized spacial score (nSPS) is 20.4. The molecule has 0 aliphatic carbocycles. The Bertz CT molecular complexity index is 1340. The van der Waals surface area contributed by atoms with E-state index in [1.807, 2.05) is 38.1 Å². The van der Waals surface area contributed by atoms with Crippen LogP contribution in [-0.2, 0) is 29.1 Å². The first-order valence-corrected chi connectivity index (χ1v) is 13.7. The van der Waals surface area contributed by atoms with E-state index in [-0.39, 0.29) is 30.5 Å². The van der Waals surface area contributed by atoms with Crippen LogP contribution in [0.5, 0.6) is 17.2 Å². The first kappa shape index (κ1) is 27.6. The number of aromatic amines is 1. The predicted octanol–water partition coefficient (Wildman–Crippen LogP) is 2.92. The summed E-state index contributed by atoms with van der Waals surface area (Å²) in [5, 5.41) is 10.4. The van der Waals surface area contributed by atoms with E-state index >= 15 is 0 Å². The SMILES string of the molecule is CCOc1cc2cc(c1)C(=O)N(C)CC(=O)N[C@H]1CN(Cc3nc(CC)n[nH]3)CC[C@H]1OCc1cccc(c1)O2. The molecule has 2 N–H and O–H groups in total. The molecule has 0 saturated carbocycles. The maximum Gasteiger partial charge on any atom is 0.254 e. The van der Waals surface area contributed by atoms with Crippen molar-refractivity contribution in [3.63, 3.8) is 0 Å². The molecule has 2 aliphatic rings. The van der Waals surface area contributed by atoms with Crippen LogP contribution in [0.4, 0.5) is 0 Å². The highest BCUT2D eigenvalue weighted by atomic mass is 16.5. The Labute approximate surface area is 233 Å². The van der Waals surface area contributed by atoms with Crippen LogP contribution in [0.3, 0.4) is 0 Å². The maximum absolute atomic E-state index is 13.3. The van der Waals surface area contributed by atoms with E-state index < -0.39 is 0 Å². The average Bonchev–Trinajstić information content (AvgIpc) is 3.39. The van der Waals surface area contributed by atoms with E-state index in [1.165, 1.54) is 4.90 Å². The average molecular weight is 549 g/mol. The number of hydrogen-bond donors (Lipinski definition) is 2. The predicted molar refractivity (Wildman–Crippen MR) is 147 cm³/mol. The lowest BCUT2D eigenvalue weighted by molar-refractivity contribution is -0.125. The van der Waals surface area contributed by atoms with Gasteiger partial charge in [0.05, 0.1) is 38.4 Å². The molecule has 2 aliphatic heterocycles. The summed E-state index contributed by atoms with van der Waals surface area (Å²) in [6, 6.07) is 12.5. The number of rotatable bonds is 5. The van der Waals surface area contributed by atoms with Gasteiger partial charge in [-0.15, -0.1) is 0 Å². The molecule has 0 spiro atoms. The number of nitrogens with one attached hydrogen (secondary N) is 2. The van der Waals surface area contributed by atoms with Crippen LogP contribution in [0.1, 0.15) is 47.8 Å². The fraction of sp³-hybridized carbons (Fsp3) is 0.448. The van der Waals surface area contributed by atoms with E-state index in [1.54, 1.807) is 25.2 Å². The molecule has 11 heteroatoms. The number of likely N-dealkylation sites (N-methyl/N-ethyl adjacent to an activating group) is 1. The topological polar surface area (TPSA) is 122 Å². The zero-order chi connectivity index (χ0) is 28.1. The van der Waals surface area contributed by atoms with E-state index in [2.05, 4.69) is 25.4 Å². The standard InChI is InChI=1S/C29H36N6O5/c1-4-26-31-27(33-32-26)16-35-10-9-25-24(15-35)30-28(36)17-34(3)29(37)20-12-22(38-5-2)14-23(13-20)40-21-8-6-7-19(11-21)18-39-25/h6-8,11-14,24-25H,4-5,9-10,15-18H2,1-3H3,(H,30,36)(H,31,32,33)/t24-,25+/m0/s1. The van der Waals surface area contributed by atoms with Gasteiger partial charge in [-0.25, -0.2) is 4.98 Å². The fourth-order valence-electron chi connectivity index (χ4n) is 5.06. The Morgan fingerprint density at radius 3 is 2.80 bits per heavy atom. The highest BCUT2D eigenvalue weighted by Gasteiger charge is 2.32. The number of fused-ring (bicyclic) bond motifs is 5. The molecular weight excluding hydrogens is 512 g/mol. The summed E-state index contributed by atoms with van der Waals surface area (Å²) in [7, 11) is 1.61.